The van der Waals surface area contributed by atoms with E-state index in [0.717, 1.165) is 24.3 Å². The first-order chi connectivity index (χ1) is 8.19. The summed E-state index contributed by atoms with van der Waals surface area (Å²) in [7, 11) is 0. The molecule has 4 heteroatoms. The Bertz CT molecular complexity index is 328. The minimum absolute atomic E-state index is 0.158. The SMILES string of the molecule is CCCNc1cncc(N(CCO)C(C)C)c1. The van der Waals surface area contributed by atoms with Crippen LogP contribution in [0.1, 0.15) is 27.2 Å². The molecular formula is C13H23N3O. The zero-order valence-corrected chi connectivity index (χ0v) is 11.0. The standard InChI is InChI=1S/C13H23N3O/c1-4-5-15-12-8-13(10-14-9-12)16(6-7-17)11(2)3/h8-11,15,17H,4-7H2,1-3H3. The van der Waals surface area contributed by atoms with E-state index >= 15 is 0 Å². The predicted octanol–water partition coefficient (Wildman–Crippen LogP) is 2.11. The average Bonchev–Trinajstić information content (AvgIpc) is 2.33. The van der Waals surface area contributed by atoms with E-state index in [4.69, 9.17) is 5.11 Å². The second kappa shape index (κ2) is 7.12. The lowest BCUT2D eigenvalue weighted by Crippen LogP contribution is -2.33. The van der Waals surface area contributed by atoms with Crippen molar-refractivity contribution in [2.45, 2.75) is 33.2 Å². The molecule has 0 amide bonds. The lowest BCUT2D eigenvalue weighted by atomic mass is 10.2. The number of pyridine rings is 1. The number of aromatic nitrogens is 1. The van der Waals surface area contributed by atoms with Gasteiger partial charge in [0.25, 0.3) is 0 Å². The quantitative estimate of drug-likeness (QED) is 0.762. The van der Waals surface area contributed by atoms with Crippen molar-refractivity contribution in [1.29, 1.82) is 0 Å². The summed E-state index contributed by atoms with van der Waals surface area (Å²) in [6, 6.07) is 2.43. The van der Waals surface area contributed by atoms with E-state index in [1.807, 2.05) is 12.4 Å². The molecule has 0 atom stereocenters. The van der Waals surface area contributed by atoms with Gasteiger partial charge in [-0.1, -0.05) is 6.92 Å². The number of anilines is 2. The molecule has 0 aliphatic rings. The summed E-state index contributed by atoms with van der Waals surface area (Å²) in [4.78, 5) is 6.38. The van der Waals surface area contributed by atoms with E-state index in [0.29, 0.717) is 12.6 Å². The smallest absolute Gasteiger partial charge is 0.0606 e. The normalized spacial score (nSPS) is 10.6. The molecule has 0 aliphatic carbocycles. The van der Waals surface area contributed by atoms with Gasteiger partial charge in [0.2, 0.25) is 0 Å². The van der Waals surface area contributed by atoms with Crippen LogP contribution in [0.3, 0.4) is 0 Å². The molecule has 0 aliphatic heterocycles. The van der Waals surface area contributed by atoms with Crippen LogP contribution >= 0.6 is 0 Å². The molecule has 0 fully saturated rings. The Balaban J connectivity index is 2.80. The minimum atomic E-state index is 0.158. The van der Waals surface area contributed by atoms with Crippen LogP contribution in [0.2, 0.25) is 0 Å². The van der Waals surface area contributed by atoms with Crippen molar-refractivity contribution in [2.75, 3.05) is 29.9 Å². The Hall–Kier alpha value is -1.29. The first kappa shape index (κ1) is 13.8. The molecule has 0 spiro atoms. The van der Waals surface area contributed by atoms with Crippen molar-refractivity contribution in [3.63, 3.8) is 0 Å². The summed E-state index contributed by atoms with van der Waals surface area (Å²) in [5, 5.41) is 12.4. The van der Waals surface area contributed by atoms with Crippen molar-refractivity contribution in [1.82, 2.24) is 4.98 Å². The van der Waals surface area contributed by atoms with Crippen molar-refractivity contribution < 1.29 is 5.11 Å². The van der Waals surface area contributed by atoms with Gasteiger partial charge in [0.1, 0.15) is 0 Å². The highest BCUT2D eigenvalue weighted by atomic mass is 16.3. The molecule has 0 unspecified atom stereocenters. The summed E-state index contributed by atoms with van der Waals surface area (Å²) in [6.07, 6.45) is 4.76. The van der Waals surface area contributed by atoms with E-state index < -0.39 is 0 Å². The lowest BCUT2D eigenvalue weighted by Gasteiger charge is -2.28. The van der Waals surface area contributed by atoms with E-state index in [1.165, 1.54) is 0 Å². The van der Waals surface area contributed by atoms with Gasteiger partial charge in [-0.2, -0.15) is 0 Å². The van der Waals surface area contributed by atoms with Crippen LogP contribution in [-0.4, -0.2) is 35.8 Å². The van der Waals surface area contributed by atoms with Crippen LogP contribution in [-0.2, 0) is 0 Å². The van der Waals surface area contributed by atoms with E-state index in [9.17, 15) is 0 Å². The molecule has 0 saturated carbocycles. The molecular weight excluding hydrogens is 214 g/mol. The molecule has 1 aromatic rings. The third-order valence-electron chi connectivity index (χ3n) is 2.60. The predicted molar refractivity (Wildman–Crippen MR) is 72.6 cm³/mol. The molecule has 0 aromatic carbocycles. The second-order valence-electron chi connectivity index (χ2n) is 4.37. The molecule has 4 nitrogen and oxygen atoms in total. The number of aliphatic hydroxyl groups excluding tert-OH is 1. The van der Waals surface area contributed by atoms with E-state index in [2.05, 4.69) is 42.0 Å². The highest BCUT2D eigenvalue weighted by Crippen LogP contribution is 2.19. The van der Waals surface area contributed by atoms with Crippen molar-refractivity contribution in [3.8, 4) is 0 Å². The van der Waals surface area contributed by atoms with Gasteiger partial charge in [-0.15, -0.1) is 0 Å². The first-order valence-electron chi connectivity index (χ1n) is 6.25. The maximum atomic E-state index is 9.08. The van der Waals surface area contributed by atoms with Crippen LogP contribution in [0.15, 0.2) is 18.5 Å². The summed E-state index contributed by atoms with van der Waals surface area (Å²) in [5.41, 5.74) is 2.09. The summed E-state index contributed by atoms with van der Waals surface area (Å²) in [5.74, 6) is 0. The van der Waals surface area contributed by atoms with Crippen LogP contribution in [0, 0.1) is 0 Å². The fourth-order valence-electron chi connectivity index (χ4n) is 1.74. The van der Waals surface area contributed by atoms with Gasteiger partial charge >= 0.3 is 0 Å². The Morgan fingerprint density at radius 1 is 1.41 bits per heavy atom. The monoisotopic (exact) mass is 237 g/mol. The largest absolute Gasteiger partial charge is 0.395 e. The Labute approximate surface area is 104 Å². The number of aliphatic hydroxyl groups is 1. The Morgan fingerprint density at radius 3 is 2.76 bits per heavy atom. The van der Waals surface area contributed by atoms with Gasteiger partial charge in [0.05, 0.1) is 30.4 Å². The molecule has 1 aromatic heterocycles. The van der Waals surface area contributed by atoms with Gasteiger partial charge in [-0.25, -0.2) is 0 Å². The van der Waals surface area contributed by atoms with E-state index in [1.54, 1.807) is 0 Å². The number of hydrogen-bond donors (Lipinski definition) is 2. The van der Waals surface area contributed by atoms with Gasteiger partial charge in [0, 0.05) is 19.1 Å². The van der Waals surface area contributed by atoms with Gasteiger partial charge in [-0.05, 0) is 26.3 Å². The molecule has 0 radical (unpaired) electrons. The fourth-order valence-corrected chi connectivity index (χ4v) is 1.74. The summed E-state index contributed by atoms with van der Waals surface area (Å²) < 4.78 is 0. The fraction of sp³-hybridized carbons (Fsp3) is 0.615. The Morgan fingerprint density at radius 2 is 2.18 bits per heavy atom. The summed E-state index contributed by atoms with van der Waals surface area (Å²) >= 11 is 0. The third kappa shape index (κ3) is 4.23. The van der Waals surface area contributed by atoms with E-state index in [-0.39, 0.29) is 6.61 Å². The Kier molecular flexibility index (Phi) is 5.77. The van der Waals surface area contributed by atoms with Crippen molar-refractivity contribution >= 4 is 11.4 Å². The number of rotatable bonds is 7. The van der Waals surface area contributed by atoms with Crippen LogP contribution in [0.25, 0.3) is 0 Å². The molecule has 1 heterocycles. The molecule has 17 heavy (non-hydrogen) atoms. The molecule has 0 bridgehead atoms. The van der Waals surface area contributed by atoms with Gasteiger partial charge in [0.15, 0.2) is 0 Å². The molecule has 0 saturated heterocycles. The van der Waals surface area contributed by atoms with Crippen molar-refractivity contribution in [3.05, 3.63) is 18.5 Å². The zero-order chi connectivity index (χ0) is 12.7. The highest BCUT2D eigenvalue weighted by Gasteiger charge is 2.10. The number of hydrogen-bond acceptors (Lipinski definition) is 4. The molecule has 1 rings (SSSR count). The van der Waals surface area contributed by atoms with Crippen LogP contribution in [0.4, 0.5) is 11.4 Å². The highest BCUT2D eigenvalue weighted by molar-refractivity contribution is 5.56. The summed E-state index contributed by atoms with van der Waals surface area (Å²) in [6.45, 7) is 8.11. The van der Waals surface area contributed by atoms with Gasteiger partial charge in [-0.3, -0.25) is 4.98 Å². The second-order valence-corrected chi connectivity index (χ2v) is 4.37. The lowest BCUT2D eigenvalue weighted by molar-refractivity contribution is 0.299. The maximum Gasteiger partial charge on any atom is 0.0606 e. The maximum absolute atomic E-state index is 9.08. The van der Waals surface area contributed by atoms with Crippen LogP contribution in [0.5, 0.6) is 0 Å². The van der Waals surface area contributed by atoms with Crippen LogP contribution < -0.4 is 10.2 Å². The first-order valence-corrected chi connectivity index (χ1v) is 6.25. The van der Waals surface area contributed by atoms with Crippen molar-refractivity contribution in [2.24, 2.45) is 0 Å². The molecule has 2 N–H and O–H groups in total. The zero-order valence-electron chi connectivity index (χ0n) is 11.0. The number of nitrogens with zero attached hydrogens (tertiary/aromatic N) is 2. The molecule has 96 valence electrons. The topological polar surface area (TPSA) is 48.4 Å². The average molecular weight is 237 g/mol. The third-order valence-corrected chi connectivity index (χ3v) is 2.60. The van der Waals surface area contributed by atoms with Gasteiger partial charge < -0.3 is 15.3 Å². The minimum Gasteiger partial charge on any atom is -0.395 e. The number of nitrogens with one attached hydrogen (secondary N) is 1.